The van der Waals surface area contributed by atoms with Crippen molar-refractivity contribution in [1.29, 1.82) is 0 Å². The summed E-state index contributed by atoms with van der Waals surface area (Å²) in [5, 5.41) is 9.63. The van der Waals surface area contributed by atoms with Crippen molar-refractivity contribution in [2.24, 2.45) is 0 Å². The summed E-state index contributed by atoms with van der Waals surface area (Å²) in [6.07, 6.45) is 1.44. The summed E-state index contributed by atoms with van der Waals surface area (Å²) >= 11 is 8.86. The van der Waals surface area contributed by atoms with Crippen molar-refractivity contribution in [3.05, 3.63) is 47.1 Å². The molecule has 4 nitrogen and oxygen atoms in total. The van der Waals surface area contributed by atoms with E-state index in [1.165, 1.54) is 35.4 Å². The number of hydrogen-bond donors (Lipinski definition) is 1. The maximum Gasteiger partial charge on any atom is 0.337 e. The Kier molecular flexibility index (Phi) is 3.60. The highest BCUT2D eigenvalue weighted by Crippen LogP contribution is 2.37. The molecule has 7 heteroatoms. The number of halogens is 1. The first-order valence-electron chi connectivity index (χ1n) is 5.56. The van der Waals surface area contributed by atoms with Crippen molar-refractivity contribution < 1.29 is 9.90 Å². The van der Waals surface area contributed by atoms with Gasteiger partial charge in [-0.25, -0.2) is 14.8 Å². The summed E-state index contributed by atoms with van der Waals surface area (Å²) < 4.78 is 1.85. The Morgan fingerprint density at radius 2 is 2.10 bits per heavy atom. The van der Waals surface area contributed by atoms with Crippen molar-refractivity contribution in [2.75, 3.05) is 0 Å². The van der Waals surface area contributed by atoms with E-state index in [9.17, 15) is 4.79 Å². The molecule has 0 saturated heterocycles. The maximum absolute atomic E-state index is 11.0. The van der Waals surface area contributed by atoms with E-state index in [-0.39, 0.29) is 10.6 Å². The van der Waals surface area contributed by atoms with E-state index in [0.717, 1.165) is 14.6 Å². The Labute approximate surface area is 127 Å². The number of carboxylic acids is 1. The number of nitrogens with zero attached hydrogens (tertiary/aromatic N) is 2. The van der Waals surface area contributed by atoms with E-state index >= 15 is 0 Å². The zero-order chi connectivity index (χ0) is 14.1. The largest absolute Gasteiger partial charge is 0.478 e. The van der Waals surface area contributed by atoms with Crippen LogP contribution in [0.5, 0.6) is 0 Å². The molecular weight excluding hydrogens is 316 g/mol. The number of aromatic nitrogens is 2. The number of benzene rings is 1. The zero-order valence-electron chi connectivity index (χ0n) is 9.91. The van der Waals surface area contributed by atoms with Gasteiger partial charge in [0.15, 0.2) is 4.34 Å². The molecule has 0 atom stereocenters. The van der Waals surface area contributed by atoms with Crippen LogP contribution in [0.25, 0.3) is 10.2 Å². The summed E-state index contributed by atoms with van der Waals surface area (Å²) in [5.41, 5.74) is 0.954. The van der Waals surface area contributed by atoms with Gasteiger partial charge in [0.1, 0.15) is 5.03 Å². The van der Waals surface area contributed by atoms with Gasteiger partial charge in [-0.05, 0) is 30.0 Å². The first-order valence-corrected chi connectivity index (χ1v) is 7.57. The Balaban J connectivity index is 1.98. The number of thiazole rings is 1. The molecule has 0 fully saturated rings. The van der Waals surface area contributed by atoms with Gasteiger partial charge in [0, 0.05) is 6.20 Å². The molecule has 0 bridgehead atoms. The number of para-hydroxylation sites is 1. The number of pyridine rings is 1. The van der Waals surface area contributed by atoms with Crippen LogP contribution in [0.3, 0.4) is 0 Å². The van der Waals surface area contributed by atoms with Crippen molar-refractivity contribution in [3.63, 3.8) is 0 Å². The third-order valence-electron chi connectivity index (χ3n) is 2.55. The third kappa shape index (κ3) is 2.49. The lowest BCUT2D eigenvalue weighted by Gasteiger charge is -2.02. The third-order valence-corrected chi connectivity index (χ3v) is 5.14. The van der Waals surface area contributed by atoms with Crippen LogP contribution in [0, 0.1) is 0 Å². The van der Waals surface area contributed by atoms with Crippen molar-refractivity contribution in [1.82, 2.24) is 9.97 Å². The molecule has 0 radical (unpaired) electrons. The van der Waals surface area contributed by atoms with Gasteiger partial charge < -0.3 is 5.11 Å². The fourth-order valence-electron chi connectivity index (χ4n) is 1.64. The Morgan fingerprint density at radius 3 is 2.85 bits per heavy atom. The lowest BCUT2D eigenvalue weighted by molar-refractivity contribution is 0.0696. The second kappa shape index (κ2) is 5.40. The van der Waals surface area contributed by atoms with Gasteiger partial charge in [0.05, 0.1) is 20.8 Å². The first-order chi connectivity index (χ1) is 9.65. The fraction of sp³-hybridized carbons (Fsp3) is 0. The van der Waals surface area contributed by atoms with Crippen LogP contribution in [0.2, 0.25) is 5.02 Å². The van der Waals surface area contributed by atoms with E-state index in [2.05, 4.69) is 9.97 Å². The van der Waals surface area contributed by atoms with Crippen molar-refractivity contribution in [3.8, 4) is 0 Å². The minimum absolute atomic E-state index is 0.0466. The molecule has 0 aliphatic heterocycles. The average molecular weight is 323 g/mol. The van der Waals surface area contributed by atoms with Crippen molar-refractivity contribution >= 4 is 50.9 Å². The Bertz CT molecular complexity index is 771. The SMILES string of the molecule is O=C(O)c1ccnc(Sc2nc3ccccc3s2)c1Cl. The Morgan fingerprint density at radius 1 is 1.30 bits per heavy atom. The molecule has 3 rings (SSSR count). The molecule has 1 aromatic carbocycles. The molecule has 100 valence electrons. The van der Waals surface area contributed by atoms with Gasteiger partial charge in [-0.1, -0.05) is 23.7 Å². The smallest absolute Gasteiger partial charge is 0.337 e. The lowest BCUT2D eigenvalue weighted by atomic mass is 10.3. The second-order valence-corrected chi connectivity index (χ2v) is 6.48. The molecule has 1 N–H and O–H groups in total. The number of carboxylic acid groups (broad SMARTS) is 1. The molecule has 0 aliphatic rings. The second-order valence-electron chi connectivity index (χ2n) is 3.83. The Hall–Kier alpha value is -1.63. The predicted molar refractivity (Wildman–Crippen MR) is 79.9 cm³/mol. The average Bonchev–Trinajstić information content (AvgIpc) is 2.83. The van der Waals surface area contributed by atoms with Crippen LogP contribution in [0.4, 0.5) is 0 Å². The van der Waals surface area contributed by atoms with Gasteiger partial charge >= 0.3 is 5.97 Å². The molecule has 20 heavy (non-hydrogen) atoms. The molecule has 0 saturated carbocycles. The van der Waals surface area contributed by atoms with Crippen LogP contribution in [0.1, 0.15) is 10.4 Å². The van der Waals surface area contributed by atoms with Gasteiger partial charge in [-0.2, -0.15) is 0 Å². The first kappa shape index (κ1) is 13.4. The monoisotopic (exact) mass is 322 g/mol. The van der Waals surface area contributed by atoms with Crippen LogP contribution >= 0.6 is 34.7 Å². The van der Waals surface area contributed by atoms with Crippen LogP contribution < -0.4 is 0 Å². The quantitative estimate of drug-likeness (QED) is 0.783. The van der Waals surface area contributed by atoms with Crippen molar-refractivity contribution in [2.45, 2.75) is 9.37 Å². The lowest BCUT2D eigenvalue weighted by Crippen LogP contribution is -1.99. The van der Waals surface area contributed by atoms with E-state index in [0.29, 0.717) is 5.03 Å². The maximum atomic E-state index is 11.0. The minimum atomic E-state index is -1.07. The summed E-state index contributed by atoms with van der Waals surface area (Å²) in [5.74, 6) is -1.07. The normalized spacial score (nSPS) is 10.8. The number of carbonyl (C=O) groups is 1. The van der Waals surface area contributed by atoms with Crippen LogP contribution in [-0.4, -0.2) is 21.0 Å². The van der Waals surface area contributed by atoms with Gasteiger partial charge in [0.2, 0.25) is 0 Å². The molecular formula is C13H7ClN2O2S2. The molecule has 0 spiro atoms. The number of hydrogen-bond acceptors (Lipinski definition) is 5. The minimum Gasteiger partial charge on any atom is -0.478 e. The number of rotatable bonds is 3. The standard InChI is InChI=1S/C13H7ClN2O2S2/c14-10-7(12(17)18)5-6-15-11(10)20-13-16-8-3-1-2-4-9(8)19-13/h1-6H,(H,17,18). The predicted octanol–water partition coefficient (Wildman–Crippen LogP) is 4.19. The van der Waals surface area contributed by atoms with Crippen LogP contribution in [0.15, 0.2) is 45.9 Å². The topological polar surface area (TPSA) is 63.1 Å². The molecule has 3 aromatic rings. The molecule has 0 amide bonds. The molecule has 2 aromatic heterocycles. The van der Waals surface area contributed by atoms with Crippen LogP contribution in [-0.2, 0) is 0 Å². The van der Waals surface area contributed by atoms with E-state index in [1.54, 1.807) is 0 Å². The highest BCUT2D eigenvalue weighted by Gasteiger charge is 2.15. The summed E-state index contributed by atoms with van der Waals surface area (Å²) in [6.45, 7) is 0. The molecule has 0 aliphatic carbocycles. The summed E-state index contributed by atoms with van der Waals surface area (Å²) in [6, 6.07) is 9.17. The number of aromatic carboxylic acids is 1. The van der Waals surface area contributed by atoms with Gasteiger partial charge in [-0.3, -0.25) is 0 Å². The molecule has 0 unspecified atom stereocenters. The van der Waals surface area contributed by atoms with Gasteiger partial charge in [-0.15, -0.1) is 11.3 Å². The fourth-order valence-corrected chi connectivity index (χ4v) is 3.94. The number of fused-ring (bicyclic) bond motifs is 1. The van der Waals surface area contributed by atoms with E-state index < -0.39 is 5.97 Å². The summed E-state index contributed by atoms with van der Waals surface area (Å²) in [4.78, 5) is 19.6. The van der Waals surface area contributed by atoms with E-state index in [4.69, 9.17) is 16.7 Å². The highest BCUT2D eigenvalue weighted by molar-refractivity contribution is 8.01. The zero-order valence-corrected chi connectivity index (χ0v) is 12.3. The van der Waals surface area contributed by atoms with Gasteiger partial charge in [0.25, 0.3) is 0 Å². The highest BCUT2D eigenvalue weighted by atomic mass is 35.5. The summed E-state index contributed by atoms with van der Waals surface area (Å²) in [7, 11) is 0. The van der Waals surface area contributed by atoms with E-state index in [1.807, 2.05) is 24.3 Å². The molecule has 2 heterocycles.